The highest BCUT2D eigenvalue weighted by molar-refractivity contribution is 7.14. The fourth-order valence-electron chi connectivity index (χ4n) is 4.05. The molecule has 0 radical (unpaired) electrons. The van der Waals surface area contributed by atoms with Crippen molar-refractivity contribution in [3.05, 3.63) is 59.4 Å². The molecule has 0 atom stereocenters. The van der Waals surface area contributed by atoms with E-state index in [1.807, 2.05) is 29.2 Å². The van der Waals surface area contributed by atoms with Crippen LogP contribution in [0.2, 0.25) is 5.02 Å². The van der Waals surface area contributed by atoms with Crippen LogP contribution in [0.5, 0.6) is 11.5 Å². The molecule has 1 fully saturated rings. The normalized spacial score (nSPS) is 13.9. The third kappa shape index (κ3) is 4.12. The SMILES string of the molecule is COc1ccc(C(=O)N2CCN(c3ncnc4c(-c5ccc(Cl)cc5)nsc34)CC2)cc1OC. The van der Waals surface area contributed by atoms with Crippen molar-refractivity contribution in [2.24, 2.45) is 0 Å². The van der Waals surface area contributed by atoms with Crippen LogP contribution in [-0.2, 0) is 0 Å². The highest BCUT2D eigenvalue weighted by Gasteiger charge is 2.26. The van der Waals surface area contributed by atoms with Gasteiger partial charge in [-0.3, -0.25) is 4.79 Å². The average molecular weight is 496 g/mol. The third-order valence-electron chi connectivity index (χ3n) is 5.85. The maximum atomic E-state index is 13.1. The molecule has 1 amide bonds. The standard InChI is InChI=1S/C24H22ClN5O3S/c1-32-18-8-5-16(13-19(18)33-2)24(31)30-11-9-29(10-12-30)23-22-21(26-14-27-23)20(28-34-22)15-3-6-17(25)7-4-15/h3-8,13-14H,9-12H2,1-2H3. The Morgan fingerprint density at radius 1 is 0.971 bits per heavy atom. The number of benzene rings is 2. The Kier molecular flexibility index (Phi) is 6.21. The largest absolute Gasteiger partial charge is 0.493 e. The molecule has 10 heteroatoms. The fraction of sp³-hybridized carbons (Fsp3) is 0.250. The number of fused-ring (bicyclic) bond motifs is 1. The number of hydrogen-bond donors (Lipinski definition) is 0. The Bertz CT molecular complexity index is 1340. The van der Waals surface area contributed by atoms with Gasteiger partial charge in [0.1, 0.15) is 22.2 Å². The molecule has 174 valence electrons. The Balaban J connectivity index is 1.33. The molecule has 34 heavy (non-hydrogen) atoms. The minimum atomic E-state index is -0.0312. The summed E-state index contributed by atoms with van der Waals surface area (Å²) < 4.78 is 16.2. The number of halogens is 1. The molecule has 0 unspecified atom stereocenters. The predicted molar refractivity (Wildman–Crippen MR) is 133 cm³/mol. The molecular formula is C24H22ClN5O3S. The van der Waals surface area contributed by atoms with E-state index in [1.165, 1.54) is 11.5 Å². The van der Waals surface area contributed by atoms with Gasteiger partial charge in [-0.2, -0.15) is 4.37 Å². The van der Waals surface area contributed by atoms with Gasteiger partial charge in [-0.25, -0.2) is 9.97 Å². The molecule has 2 aromatic heterocycles. The first kappa shape index (κ1) is 22.4. The van der Waals surface area contributed by atoms with Crippen LogP contribution in [0.15, 0.2) is 48.8 Å². The summed E-state index contributed by atoms with van der Waals surface area (Å²) in [6, 6.07) is 12.8. The van der Waals surface area contributed by atoms with Gasteiger partial charge < -0.3 is 19.3 Å². The van der Waals surface area contributed by atoms with Gasteiger partial charge in [-0.1, -0.05) is 23.7 Å². The fourth-order valence-corrected chi connectivity index (χ4v) is 5.05. The number of nitrogens with zero attached hydrogens (tertiary/aromatic N) is 5. The van der Waals surface area contributed by atoms with Crippen LogP contribution in [0, 0.1) is 0 Å². The second-order valence-corrected chi connectivity index (χ2v) is 8.97. The lowest BCUT2D eigenvalue weighted by atomic mass is 10.1. The number of anilines is 1. The van der Waals surface area contributed by atoms with Gasteiger partial charge in [0, 0.05) is 42.3 Å². The van der Waals surface area contributed by atoms with Crippen molar-refractivity contribution in [1.29, 1.82) is 0 Å². The van der Waals surface area contributed by atoms with Crippen molar-refractivity contribution in [3.8, 4) is 22.8 Å². The zero-order valence-corrected chi connectivity index (χ0v) is 20.3. The van der Waals surface area contributed by atoms with Crippen molar-refractivity contribution in [3.63, 3.8) is 0 Å². The van der Waals surface area contributed by atoms with Crippen LogP contribution in [0.3, 0.4) is 0 Å². The van der Waals surface area contributed by atoms with Crippen molar-refractivity contribution >= 4 is 45.1 Å². The van der Waals surface area contributed by atoms with Gasteiger partial charge in [0.2, 0.25) is 0 Å². The van der Waals surface area contributed by atoms with Crippen LogP contribution < -0.4 is 14.4 Å². The van der Waals surface area contributed by atoms with Crippen LogP contribution in [-0.4, -0.2) is 65.5 Å². The van der Waals surface area contributed by atoms with E-state index in [0.29, 0.717) is 48.3 Å². The van der Waals surface area contributed by atoms with E-state index >= 15 is 0 Å². The first-order valence-corrected chi connectivity index (χ1v) is 11.9. The Morgan fingerprint density at radius 3 is 2.41 bits per heavy atom. The number of rotatable bonds is 5. The van der Waals surface area contributed by atoms with E-state index in [0.717, 1.165) is 27.3 Å². The number of piperazine rings is 1. The van der Waals surface area contributed by atoms with Crippen LogP contribution in [0.4, 0.5) is 5.82 Å². The first-order chi connectivity index (χ1) is 16.6. The monoisotopic (exact) mass is 495 g/mol. The molecule has 1 aliphatic rings. The van der Waals surface area contributed by atoms with E-state index in [-0.39, 0.29) is 5.91 Å². The molecule has 0 aliphatic carbocycles. The lowest BCUT2D eigenvalue weighted by Crippen LogP contribution is -2.49. The summed E-state index contributed by atoms with van der Waals surface area (Å²) in [6.07, 6.45) is 1.58. The smallest absolute Gasteiger partial charge is 0.254 e. The zero-order valence-electron chi connectivity index (χ0n) is 18.7. The van der Waals surface area contributed by atoms with Crippen molar-refractivity contribution in [1.82, 2.24) is 19.2 Å². The van der Waals surface area contributed by atoms with Crippen LogP contribution in [0.1, 0.15) is 10.4 Å². The van der Waals surface area contributed by atoms with Crippen LogP contribution >= 0.6 is 23.1 Å². The molecular weight excluding hydrogens is 474 g/mol. The number of carbonyl (C=O) groups is 1. The van der Waals surface area contributed by atoms with E-state index in [4.69, 9.17) is 21.1 Å². The van der Waals surface area contributed by atoms with E-state index < -0.39 is 0 Å². The summed E-state index contributed by atoms with van der Waals surface area (Å²) in [5.74, 6) is 1.95. The van der Waals surface area contributed by atoms with Gasteiger partial charge in [-0.15, -0.1) is 0 Å². The summed E-state index contributed by atoms with van der Waals surface area (Å²) in [6.45, 7) is 2.50. The van der Waals surface area contributed by atoms with E-state index in [2.05, 4.69) is 19.2 Å². The number of carbonyl (C=O) groups excluding carboxylic acids is 1. The number of ether oxygens (including phenoxy) is 2. The highest BCUT2D eigenvalue weighted by Crippen LogP contribution is 2.35. The Labute approximate surface area is 205 Å². The van der Waals surface area contributed by atoms with Gasteiger partial charge in [0.25, 0.3) is 5.91 Å². The summed E-state index contributed by atoms with van der Waals surface area (Å²) in [7, 11) is 3.13. The number of methoxy groups -OCH3 is 2. The summed E-state index contributed by atoms with van der Waals surface area (Å²) >= 11 is 7.42. The second-order valence-electron chi connectivity index (χ2n) is 7.76. The molecule has 0 saturated carbocycles. The predicted octanol–water partition coefficient (Wildman–Crippen LogP) is 4.39. The van der Waals surface area contributed by atoms with Gasteiger partial charge in [0.05, 0.1) is 14.2 Å². The first-order valence-electron chi connectivity index (χ1n) is 10.7. The van der Waals surface area contributed by atoms with Gasteiger partial charge in [-0.05, 0) is 41.9 Å². The Hall–Kier alpha value is -3.43. The molecule has 5 rings (SSSR count). The minimum absolute atomic E-state index is 0.0312. The molecule has 3 heterocycles. The van der Waals surface area contributed by atoms with Gasteiger partial charge >= 0.3 is 0 Å². The average Bonchev–Trinajstić information content (AvgIpc) is 3.33. The summed E-state index contributed by atoms with van der Waals surface area (Å²) in [5.41, 5.74) is 3.18. The maximum Gasteiger partial charge on any atom is 0.254 e. The molecule has 8 nitrogen and oxygen atoms in total. The molecule has 1 saturated heterocycles. The number of amides is 1. The van der Waals surface area contributed by atoms with Crippen LogP contribution in [0.25, 0.3) is 21.5 Å². The van der Waals surface area contributed by atoms with Crippen molar-refractivity contribution < 1.29 is 14.3 Å². The summed E-state index contributed by atoms with van der Waals surface area (Å²) in [5, 5.41) is 0.680. The minimum Gasteiger partial charge on any atom is -0.493 e. The second kappa shape index (κ2) is 9.44. The number of aromatic nitrogens is 3. The van der Waals surface area contributed by atoms with Crippen molar-refractivity contribution in [2.75, 3.05) is 45.3 Å². The van der Waals surface area contributed by atoms with E-state index in [9.17, 15) is 4.79 Å². The molecule has 4 aromatic rings. The summed E-state index contributed by atoms with van der Waals surface area (Å²) in [4.78, 5) is 26.2. The molecule has 0 spiro atoms. The van der Waals surface area contributed by atoms with Gasteiger partial charge in [0.15, 0.2) is 17.3 Å². The zero-order chi connectivity index (χ0) is 23.7. The highest BCUT2D eigenvalue weighted by atomic mass is 35.5. The Morgan fingerprint density at radius 2 is 1.71 bits per heavy atom. The van der Waals surface area contributed by atoms with E-state index in [1.54, 1.807) is 38.7 Å². The maximum absolute atomic E-state index is 13.1. The number of hydrogen-bond acceptors (Lipinski definition) is 8. The topological polar surface area (TPSA) is 80.7 Å². The molecule has 2 aromatic carbocycles. The van der Waals surface area contributed by atoms with Crippen molar-refractivity contribution in [2.45, 2.75) is 0 Å². The molecule has 0 N–H and O–H groups in total. The lowest BCUT2D eigenvalue weighted by Gasteiger charge is -2.35. The lowest BCUT2D eigenvalue weighted by molar-refractivity contribution is 0.0746. The molecule has 0 bridgehead atoms. The molecule has 1 aliphatic heterocycles. The third-order valence-corrected chi connectivity index (χ3v) is 6.94. The quantitative estimate of drug-likeness (QED) is 0.406.